The van der Waals surface area contributed by atoms with Crippen molar-refractivity contribution in [3.63, 3.8) is 0 Å². The molecule has 0 bridgehead atoms. The second kappa shape index (κ2) is 9.28. The topological polar surface area (TPSA) is 92.8 Å². The first-order valence-corrected chi connectivity index (χ1v) is 10.8. The number of rotatable bonds is 6. The van der Waals surface area contributed by atoms with Gasteiger partial charge >= 0.3 is 12.3 Å². The average molecular weight is 476 g/mol. The maximum absolute atomic E-state index is 12.7. The Morgan fingerprint density at radius 3 is 2.62 bits per heavy atom. The third-order valence-electron chi connectivity index (χ3n) is 5.77. The Kier molecular flexibility index (Phi) is 6.41. The lowest BCUT2D eigenvalue weighted by Crippen LogP contribution is -2.21. The number of nitrogens with two attached hydrogens (primary N) is 1. The summed E-state index contributed by atoms with van der Waals surface area (Å²) in [6.45, 7) is 1.43. The number of benzene rings is 2. The van der Waals surface area contributed by atoms with E-state index in [0.717, 1.165) is 18.5 Å². The van der Waals surface area contributed by atoms with Crippen molar-refractivity contribution in [1.82, 2.24) is 4.57 Å². The smallest absolute Gasteiger partial charge is 0.406 e. The van der Waals surface area contributed by atoms with Crippen LogP contribution in [-0.2, 0) is 27.4 Å². The van der Waals surface area contributed by atoms with Crippen LogP contribution in [0.1, 0.15) is 48.9 Å². The van der Waals surface area contributed by atoms with E-state index in [1.807, 2.05) is 10.6 Å². The number of alkyl halides is 3. The molecule has 2 N–H and O–H groups in total. The normalized spacial score (nSPS) is 15.9. The van der Waals surface area contributed by atoms with Crippen LogP contribution in [0.4, 0.5) is 13.2 Å². The van der Waals surface area contributed by atoms with Crippen LogP contribution in [0, 0.1) is 0 Å². The van der Waals surface area contributed by atoms with Gasteiger partial charge in [-0.25, -0.2) is 4.79 Å². The molecule has 0 fully saturated rings. The van der Waals surface area contributed by atoms with Gasteiger partial charge in [0.1, 0.15) is 5.75 Å². The highest BCUT2D eigenvalue weighted by atomic mass is 19.4. The Labute approximate surface area is 193 Å². The molecule has 1 atom stereocenters. The molecule has 1 heterocycles. The fourth-order valence-electron chi connectivity index (χ4n) is 4.54. The Bertz CT molecular complexity index is 1240. The van der Waals surface area contributed by atoms with E-state index in [4.69, 9.17) is 15.5 Å². The lowest BCUT2D eigenvalue weighted by atomic mass is 9.92. The summed E-state index contributed by atoms with van der Waals surface area (Å²) in [7, 11) is 0. The molecule has 10 heteroatoms. The average Bonchev–Trinajstić information content (AvgIpc) is 2.91. The molecule has 2 aromatic carbocycles. The molecule has 1 unspecified atom stereocenters. The van der Waals surface area contributed by atoms with Crippen molar-refractivity contribution in [2.75, 3.05) is 0 Å². The number of amides is 1. The molecule has 7 nitrogen and oxygen atoms in total. The number of nitrogens with zero attached hydrogens (tertiary/aromatic N) is 1. The number of primary amides is 1. The fraction of sp³-hybridized carbons (Fsp3) is 0.333. The highest BCUT2D eigenvalue weighted by Gasteiger charge is 2.32. The van der Waals surface area contributed by atoms with Gasteiger partial charge in [0.05, 0.1) is 16.8 Å². The van der Waals surface area contributed by atoms with E-state index in [9.17, 15) is 22.8 Å². The monoisotopic (exact) mass is 476 g/mol. The van der Waals surface area contributed by atoms with Gasteiger partial charge in [0.15, 0.2) is 5.75 Å². The molecule has 34 heavy (non-hydrogen) atoms. The summed E-state index contributed by atoms with van der Waals surface area (Å²) in [4.78, 5) is 33.8. The molecular weight excluding hydrogens is 453 g/mol. The zero-order valence-electron chi connectivity index (χ0n) is 18.4. The van der Waals surface area contributed by atoms with E-state index >= 15 is 0 Å². The minimum atomic E-state index is -4.80. The molecular formula is C24H23F3N2O5. The summed E-state index contributed by atoms with van der Waals surface area (Å²) in [5.41, 5.74) is 8.56. The first kappa shape index (κ1) is 23.5. The number of fused-ring (bicyclic) bond motifs is 3. The van der Waals surface area contributed by atoms with Crippen LogP contribution in [0.2, 0.25) is 0 Å². The van der Waals surface area contributed by atoms with Crippen LogP contribution in [0.25, 0.3) is 10.9 Å². The SMILES string of the molecule is CC(=O)OOc1cccc2c1c1c(n2Cc2cccc(OC(F)(F)F)c2)CCCCC1C(N)=O. The van der Waals surface area contributed by atoms with Gasteiger partial charge in [0.25, 0.3) is 0 Å². The van der Waals surface area contributed by atoms with Crippen molar-refractivity contribution in [2.45, 2.75) is 51.4 Å². The lowest BCUT2D eigenvalue weighted by molar-refractivity contribution is -0.274. The van der Waals surface area contributed by atoms with E-state index in [0.29, 0.717) is 34.9 Å². The highest BCUT2D eigenvalue weighted by Crippen LogP contribution is 2.42. The lowest BCUT2D eigenvalue weighted by Gasteiger charge is -2.14. The van der Waals surface area contributed by atoms with Crippen molar-refractivity contribution in [3.05, 3.63) is 59.3 Å². The van der Waals surface area contributed by atoms with E-state index in [2.05, 4.69) is 4.74 Å². The molecule has 1 aromatic heterocycles. The van der Waals surface area contributed by atoms with Crippen molar-refractivity contribution >= 4 is 22.8 Å². The van der Waals surface area contributed by atoms with Gasteiger partial charge in [-0.1, -0.05) is 24.6 Å². The summed E-state index contributed by atoms with van der Waals surface area (Å²) in [5.74, 6) is -1.77. The maximum atomic E-state index is 12.7. The van der Waals surface area contributed by atoms with Crippen LogP contribution >= 0.6 is 0 Å². The quantitative estimate of drug-likeness (QED) is 0.315. The van der Waals surface area contributed by atoms with Gasteiger partial charge in [-0.15, -0.1) is 13.2 Å². The van der Waals surface area contributed by atoms with Crippen molar-refractivity contribution in [2.24, 2.45) is 5.73 Å². The number of carbonyl (C=O) groups excluding carboxylic acids is 2. The van der Waals surface area contributed by atoms with Crippen LogP contribution in [0.15, 0.2) is 42.5 Å². The minimum Gasteiger partial charge on any atom is -0.406 e. The van der Waals surface area contributed by atoms with Crippen molar-refractivity contribution in [1.29, 1.82) is 0 Å². The van der Waals surface area contributed by atoms with Gasteiger partial charge in [0, 0.05) is 19.2 Å². The number of aromatic nitrogens is 1. The molecule has 4 rings (SSSR count). The second-order valence-electron chi connectivity index (χ2n) is 8.15. The van der Waals surface area contributed by atoms with E-state index in [1.165, 1.54) is 25.1 Å². The number of hydrogen-bond donors (Lipinski definition) is 1. The van der Waals surface area contributed by atoms with Crippen LogP contribution in [0.5, 0.6) is 11.5 Å². The summed E-state index contributed by atoms with van der Waals surface area (Å²) in [6, 6.07) is 10.9. The summed E-state index contributed by atoms with van der Waals surface area (Å²) in [5, 5.41) is 0.590. The summed E-state index contributed by atoms with van der Waals surface area (Å²) >= 11 is 0. The molecule has 180 valence electrons. The minimum absolute atomic E-state index is 0.226. The van der Waals surface area contributed by atoms with Crippen molar-refractivity contribution < 1.29 is 37.3 Å². The molecule has 0 saturated carbocycles. The summed E-state index contributed by atoms with van der Waals surface area (Å²) in [6.07, 6.45) is -2.01. The zero-order chi connectivity index (χ0) is 24.5. The molecule has 3 aromatic rings. The maximum Gasteiger partial charge on any atom is 0.573 e. The molecule has 1 aliphatic carbocycles. The molecule has 1 amide bonds. The highest BCUT2D eigenvalue weighted by molar-refractivity contribution is 5.97. The Morgan fingerprint density at radius 2 is 1.91 bits per heavy atom. The number of hydrogen-bond acceptors (Lipinski definition) is 5. The van der Waals surface area contributed by atoms with Gasteiger partial charge < -0.3 is 15.0 Å². The second-order valence-corrected chi connectivity index (χ2v) is 8.15. The first-order valence-electron chi connectivity index (χ1n) is 10.8. The van der Waals surface area contributed by atoms with Gasteiger partial charge in [-0.3, -0.25) is 14.6 Å². The van der Waals surface area contributed by atoms with E-state index in [1.54, 1.807) is 18.2 Å². The Morgan fingerprint density at radius 1 is 1.15 bits per heavy atom. The Hall–Kier alpha value is -3.69. The standard InChI is InChI=1S/C24H23F3N2O5/c1-14(30)33-34-20-11-5-10-19-22(20)21-17(23(28)31)8-2-3-9-18(21)29(19)13-15-6-4-7-16(12-15)32-24(25,26)27/h4-7,10-12,17H,2-3,8-9,13H2,1H3,(H2,28,31). The van der Waals surface area contributed by atoms with Crippen LogP contribution in [-0.4, -0.2) is 22.8 Å². The predicted molar refractivity (Wildman–Crippen MR) is 116 cm³/mol. The van der Waals surface area contributed by atoms with Crippen LogP contribution < -0.4 is 15.4 Å². The number of ether oxygens (including phenoxy) is 1. The van der Waals surface area contributed by atoms with E-state index in [-0.39, 0.29) is 18.0 Å². The Balaban J connectivity index is 1.87. The summed E-state index contributed by atoms with van der Waals surface area (Å²) < 4.78 is 44.1. The van der Waals surface area contributed by atoms with Gasteiger partial charge in [-0.2, -0.15) is 0 Å². The van der Waals surface area contributed by atoms with E-state index < -0.39 is 24.2 Å². The third-order valence-corrected chi connectivity index (χ3v) is 5.77. The molecule has 0 aliphatic heterocycles. The van der Waals surface area contributed by atoms with Gasteiger partial charge in [0.2, 0.25) is 5.91 Å². The number of halogens is 3. The molecule has 0 radical (unpaired) electrons. The molecule has 0 saturated heterocycles. The first-order chi connectivity index (χ1) is 16.1. The number of carbonyl (C=O) groups is 2. The van der Waals surface area contributed by atoms with Gasteiger partial charge in [-0.05, 0) is 54.7 Å². The zero-order valence-corrected chi connectivity index (χ0v) is 18.4. The predicted octanol–water partition coefficient (Wildman–Crippen LogP) is 4.74. The molecule has 1 aliphatic rings. The largest absolute Gasteiger partial charge is 0.573 e. The van der Waals surface area contributed by atoms with Crippen molar-refractivity contribution in [3.8, 4) is 11.5 Å². The molecule has 0 spiro atoms. The third kappa shape index (κ3) is 4.95. The van der Waals surface area contributed by atoms with Crippen LogP contribution in [0.3, 0.4) is 0 Å². The fourth-order valence-corrected chi connectivity index (χ4v) is 4.54.